The lowest BCUT2D eigenvalue weighted by Gasteiger charge is -2.12. The van der Waals surface area contributed by atoms with Gasteiger partial charge in [-0.1, -0.05) is 18.0 Å². The van der Waals surface area contributed by atoms with Crippen LogP contribution in [0.15, 0.2) is 5.16 Å². The highest BCUT2D eigenvalue weighted by atomic mass is 16.6. The molecule has 0 aromatic heterocycles. The van der Waals surface area contributed by atoms with Crippen LogP contribution in [0.3, 0.4) is 0 Å². The lowest BCUT2D eigenvalue weighted by Crippen LogP contribution is -2.25. The minimum absolute atomic E-state index is 0.0104. The molecule has 0 atom stereocenters. The maximum atomic E-state index is 11.5. The van der Waals surface area contributed by atoms with Crippen molar-refractivity contribution >= 4 is 17.5 Å². The van der Waals surface area contributed by atoms with Crippen molar-refractivity contribution in [1.82, 2.24) is 0 Å². The van der Waals surface area contributed by atoms with Gasteiger partial charge in [0, 0.05) is 6.92 Å². The van der Waals surface area contributed by atoms with Crippen LogP contribution < -0.4 is 0 Å². The summed E-state index contributed by atoms with van der Waals surface area (Å²) in [6, 6.07) is 0. The Morgan fingerprint density at radius 2 is 1.78 bits per heavy atom. The second-order valence-electron chi connectivity index (χ2n) is 4.44. The quantitative estimate of drug-likeness (QED) is 0.248. The summed E-state index contributed by atoms with van der Waals surface area (Å²) in [5, 5.41) is 3.70. The standard InChI is InChI=1S/C13H21NO4/c1-3-17-13(16)12(10(2)15)14-18-11-8-6-4-5-7-9-11/h11H,3-9H2,1-2H3/b14-12-. The molecule has 18 heavy (non-hydrogen) atoms. The van der Waals surface area contributed by atoms with Crippen LogP contribution in [0.25, 0.3) is 0 Å². The van der Waals surface area contributed by atoms with E-state index >= 15 is 0 Å². The normalized spacial score (nSPS) is 18.0. The zero-order valence-electron chi connectivity index (χ0n) is 11.1. The first-order valence-corrected chi connectivity index (χ1v) is 6.57. The lowest BCUT2D eigenvalue weighted by atomic mass is 10.2. The maximum Gasteiger partial charge on any atom is 0.364 e. The Morgan fingerprint density at radius 1 is 1.17 bits per heavy atom. The maximum absolute atomic E-state index is 11.5. The van der Waals surface area contributed by atoms with Crippen molar-refractivity contribution in [3.05, 3.63) is 0 Å². The third-order valence-corrected chi connectivity index (χ3v) is 2.90. The second kappa shape index (κ2) is 7.84. The highest BCUT2D eigenvalue weighted by Crippen LogP contribution is 2.19. The van der Waals surface area contributed by atoms with Crippen molar-refractivity contribution < 1.29 is 19.2 Å². The van der Waals surface area contributed by atoms with Gasteiger partial charge in [-0.2, -0.15) is 0 Å². The number of hydrogen-bond donors (Lipinski definition) is 0. The van der Waals surface area contributed by atoms with Gasteiger partial charge in [-0.3, -0.25) is 4.79 Å². The molecule has 1 aliphatic rings. The molecule has 0 N–H and O–H groups in total. The first-order chi connectivity index (χ1) is 8.65. The van der Waals surface area contributed by atoms with Gasteiger partial charge in [-0.25, -0.2) is 4.79 Å². The summed E-state index contributed by atoms with van der Waals surface area (Å²) < 4.78 is 4.76. The molecule has 0 heterocycles. The van der Waals surface area contributed by atoms with Crippen LogP contribution in [0.5, 0.6) is 0 Å². The number of esters is 1. The fourth-order valence-electron chi connectivity index (χ4n) is 1.92. The first-order valence-electron chi connectivity index (χ1n) is 6.57. The van der Waals surface area contributed by atoms with Crippen LogP contribution in [0, 0.1) is 0 Å². The molecule has 1 aliphatic carbocycles. The van der Waals surface area contributed by atoms with E-state index in [0.29, 0.717) is 0 Å². The molecule has 0 saturated heterocycles. The van der Waals surface area contributed by atoms with Crippen LogP contribution >= 0.6 is 0 Å². The molecule has 0 unspecified atom stereocenters. The number of carbonyl (C=O) groups excluding carboxylic acids is 2. The third-order valence-electron chi connectivity index (χ3n) is 2.90. The lowest BCUT2D eigenvalue weighted by molar-refractivity contribution is -0.136. The van der Waals surface area contributed by atoms with Gasteiger partial charge >= 0.3 is 5.97 Å². The van der Waals surface area contributed by atoms with Crippen molar-refractivity contribution in [2.75, 3.05) is 6.61 Å². The molecule has 1 fully saturated rings. The average Bonchev–Trinajstić information content (AvgIpc) is 2.57. The number of hydrogen-bond acceptors (Lipinski definition) is 5. The topological polar surface area (TPSA) is 65.0 Å². The Hall–Kier alpha value is -1.39. The van der Waals surface area contributed by atoms with Gasteiger partial charge < -0.3 is 9.57 Å². The van der Waals surface area contributed by atoms with Gasteiger partial charge in [0.2, 0.25) is 5.71 Å². The summed E-state index contributed by atoms with van der Waals surface area (Å²) in [4.78, 5) is 28.1. The van der Waals surface area contributed by atoms with E-state index in [4.69, 9.17) is 9.57 Å². The van der Waals surface area contributed by atoms with E-state index in [1.54, 1.807) is 6.92 Å². The molecule has 0 aromatic carbocycles. The summed E-state index contributed by atoms with van der Waals surface area (Å²) in [7, 11) is 0. The highest BCUT2D eigenvalue weighted by molar-refractivity contribution is 6.63. The zero-order valence-corrected chi connectivity index (χ0v) is 11.1. The van der Waals surface area contributed by atoms with Crippen molar-refractivity contribution in [2.24, 2.45) is 5.16 Å². The third kappa shape index (κ3) is 4.85. The van der Waals surface area contributed by atoms with E-state index in [0.717, 1.165) is 25.7 Å². The minimum atomic E-state index is -0.710. The number of Topliss-reactive ketones (excluding diaryl/α,β-unsaturated/α-hetero) is 1. The van der Waals surface area contributed by atoms with Crippen molar-refractivity contribution in [3.8, 4) is 0 Å². The zero-order chi connectivity index (χ0) is 13.4. The van der Waals surface area contributed by atoms with E-state index in [1.807, 2.05) is 0 Å². The molecule has 5 nitrogen and oxygen atoms in total. The van der Waals surface area contributed by atoms with Crippen LogP contribution in [-0.4, -0.2) is 30.2 Å². The minimum Gasteiger partial charge on any atom is -0.461 e. The van der Waals surface area contributed by atoms with Gasteiger partial charge in [-0.05, 0) is 32.6 Å². The molecule has 5 heteroatoms. The molecule has 0 radical (unpaired) electrons. The number of ether oxygens (including phenoxy) is 1. The van der Waals surface area contributed by atoms with Gasteiger partial charge in [0.15, 0.2) is 5.78 Å². The van der Waals surface area contributed by atoms with Gasteiger partial charge in [0.05, 0.1) is 6.61 Å². The van der Waals surface area contributed by atoms with Crippen molar-refractivity contribution in [3.63, 3.8) is 0 Å². The van der Waals surface area contributed by atoms with Gasteiger partial charge in [0.1, 0.15) is 6.10 Å². The monoisotopic (exact) mass is 255 g/mol. The molecule has 1 saturated carbocycles. The molecule has 1 rings (SSSR count). The first kappa shape index (κ1) is 14.7. The van der Waals surface area contributed by atoms with Crippen LogP contribution in [-0.2, 0) is 19.2 Å². The fourth-order valence-corrected chi connectivity index (χ4v) is 1.92. The molecule has 102 valence electrons. The van der Waals surface area contributed by atoms with E-state index in [9.17, 15) is 9.59 Å². The molecular formula is C13H21NO4. The van der Waals surface area contributed by atoms with Crippen LogP contribution in [0.1, 0.15) is 52.4 Å². The summed E-state index contributed by atoms with van der Waals surface area (Å²) in [5.41, 5.74) is -0.249. The average molecular weight is 255 g/mol. The number of nitrogens with zero attached hydrogens (tertiary/aromatic N) is 1. The fraction of sp³-hybridized carbons (Fsp3) is 0.769. The SMILES string of the molecule is CCOC(=O)/C(=N\OC1CCCCCC1)C(C)=O. The summed E-state index contributed by atoms with van der Waals surface area (Å²) >= 11 is 0. The Balaban J connectivity index is 2.58. The van der Waals surface area contributed by atoms with Crippen LogP contribution in [0.4, 0.5) is 0 Å². The van der Waals surface area contributed by atoms with Crippen LogP contribution in [0.2, 0.25) is 0 Å². The summed E-state index contributed by atoms with van der Waals surface area (Å²) in [6.45, 7) is 3.18. The van der Waals surface area contributed by atoms with E-state index < -0.39 is 11.8 Å². The Bertz CT molecular complexity index is 317. The highest BCUT2D eigenvalue weighted by Gasteiger charge is 2.20. The molecule has 0 aromatic rings. The van der Waals surface area contributed by atoms with E-state index in [2.05, 4.69) is 5.16 Å². The number of carbonyl (C=O) groups is 2. The predicted octanol–water partition coefficient (Wildman–Crippen LogP) is 2.23. The van der Waals surface area contributed by atoms with Crippen molar-refractivity contribution in [2.45, 2.75) is 58.5 Å². The molecule has 0 aliphatic heterocycles. The Kier molecular flexibility index (Phi) is 6.39. The van der Waals surface area contributed by atoms with E-state index in [-0.39, 0.29) is 18.4 Å². The summed E-state index contributed by atoms with van der Waals surface area (Å²) in [5.74, 6) is -1.14. The number of oxime groups is 1. The summed E-state index contributed by atoms with van der Waals surface area (Å²) in [6.07, 6.45) is 6.50. The largest absolute Gasteiger partial charge is 0.461 e. The Morgan fingerprint density at radius 3 is 2.28 bits per heavy atom. The van der Waals surface area contributed by atoms with Crippen molar-refractivity contribution in [1.29, 1.82) is 0 Å². The predicted molar refractivity (Wildman–Crippen MR) is 67.3 cm³/mol. The molecule has 0 bridgehead atoms. The molecule has 0 amide bonds. The molecular weight excluding hydrogens is 234 g/mol. The second-order valence-corrected chi connectivity index (χ2v) is 4.44. The van der Waals surface area contributed by atoms with Gasteiger partial charge in [0.25, 0.3) is 0 Å². The van der Waals surface area contributed by atoms with Gasteiger partial charge in [-0.15, -0.1) is 0 Å². The Labute approximate surface area is 108 Å². The molecule has 0 spiro atoms. The number of rotatable bonds is 5. The smallest absolute Gasteiger partial charge is 0.364 e. The number of ketones is 1. The van der Waals surface area contributed by atoms with E-state index in [1.165, 1.54) is 19.8 Å².